The highest BCUT2D eigenvalue weighted by atomic mass is 31.1. The number of aliphatic hydroxyl groups excluding tert-OH is 1. The summed E-state index contributed by atoms with van der Waals surface area (Å²) in [5.74, 6) is 1.90. The van der Waals surface area contributed by atoms with E-state index in [4.69, 9.17) is 14.0 Å². The molecule has 12 nitrogen and oxygen atoms in total. The van der Waals surface area contributed by atoms with Crippen LogP contribution in [0.4, 0.5) is 8.78 Å². The molecule has 1 aliphatic heterocycles. The van der Waals surface area contributed by atoms with Gasteiger partial charge in [0.1, 0.15) is 40.6 Å². The number of H-pyrrole nitrogens is 1. The van der Waals surface area contributed by atoms with Gasteiger partial charge in [0.2, 0.25) is 5.82 Å². The largest absolute Gasteiger partial charge is 0.462 e. The molecule has 1 aromatic rings. The Morgan fingerprint density at radius 1 is 1.46 bits per heavy atom. The topological polar surface area (TPSA) is 169 Å². The maximum absolute atomic E-state index is 13.9. The molecule has 2 rings (SSSR count). The van der Waals surface area contributed by atoms with Crippen LogP contribution in [0.5, 0.6) is 0 Å². The normalized spacial score (nSPS) is 26.1. The summed E-state index contributed by atoms with van der Waals surface area (Å²) in [6.07, 6.45) is -5.43. The summed E-state index contributed by atoms with van der Waals surface area (Å²) in [5, 5.41) is 22.7. The Kier molecular flexibility index (Phi) is 9.27. The van der Waals surface area contributed by atoms with Gasteiger partial charge in [-0.15, -0.1) is 0 Å². The van der Waals surface area contributed by atoms with Crippen LogP contribution in [0, 0.1) is 17.7 Å². The molecule has 1 aliphatic rings. The average molecular weight is 519 g/mol. The number of rotatable bonds is 8. The number of aromatic amines is 1. The minimum absolute atomic E-state index is 0.408. The van der Waals surface area contributed by atoms with E-state index in [-0.39, 0.29) is 0 Å². The molecule has 0 saturated carbocycles. The molecule has 0 aliphatic carbocycles. The molecule has 17 heteroatoms. The van der Waals surface area contributed by atoms with E-state index in [1.807, 2.05) is 5.92 Å². The van der Waals surface area contributed by atoms with E-state index in [0.29, 0.717) is 10.8 Å². The van der Waals surface area contributed by atoms with Crippen LogP contribution in [0.2, 0.25) is 0 Å². The minimum atomic E-state index is -3.19. The SMILES string of the molecule is BC(B)(O[PH](=O)N[C@@H](C)C(=O)OC(C)C)C1O[C@@H](n2cc(F)c(=O)[nH]c2=O)C(O)(C#CCF)[C@H]1O. The minimum Gasteiger partial charge on any atom is -0.462 e. The third kappa shape index (κ3) is 6.49. The fraction of sp³-hybridized carbons (Fsp3) is 0.611. The van der Waals surface area contributed by atoms with Crippen LogP contribution in [0.3, 0.4) is 0 Å². The molecule has 3 unspecified atom stereocenters. The molecule has 1 fully saturated rings. The van der Waals surface area contributed by atoms with E-state index >= 15 is 0 Å². The summed E-state index contributed by atoms with van der Waals surface area (Å²) in [7, 11) is -0.539. The number of carbonyl (C=O) groups excluding carboxylic acids is 1. The van der Waals surface area contributed by atoms with Crippen LogP contribution in [0.25, 0.3) is 0 Å². The number of halogens is 2. The molecular weight excluding hydrogens is 493 g/mol. The fourth-order valence-electron chi connectivity index (χ4n) is 3.36. The Bertz CT molecular complexity index is 1150. The fourth-order valence-corrected chi connectivity index (χ4v) is 4.48. The second-order valence-corrected chi connectivity index (χ2v) is 9.67. The zero-order valence-electron chi connectivity index (χ0n) is 19.6. The number of alkyl halides is 1. The van der Waals surface area contributed by atoms with Crippen molar-refractivity contribution in [3.63, 3.8) is 0 Å². The van der Waals surface area contributed by atoms with Crippen molar-refractivity contribution in [3.05, 3.63) is 32.9 Å². The summed E-state index contributed by atoms with van der Waals surface area (Å²) >= 11 is 0. The smallest absolute Gasteiger partial charge is 0.330 e. The Balaban J connectivity index is 2.35. The van der Waals surface area contributed by atoms with Crippen LogP contribution in [0.15, 0.2) is 15.8 Å². The molecule has 0 radical (unpaired) electrons. The highest BCUT2D eigenvalue weighted by molar-refractivity contribution is 7.37. The van der Waals surface area contributed by atoms with Crippen molar-refractivity contribution >= 4 is 29.8 Å². The first kappa shape index (κ1) is 29.0. The van der Waals surface area contributed by atoms with Gasteiger partial charge in [-0.25, -0.2) is 14.3 Å². The molecule has 0 amide bonds. The van der Waals surface area contributed by atoms with Gasteiger partial charge in [-0.1, -0.05) is 11.8 Å². The van der Waals surface area contributed by atoms with Gasteiger partial charge in [0.25, 0.3) is 13.7 Å². The summed E-state index contributed by atoms with van der Waals surface area (Å²) in [6.45, 7) is 3.43. The second-order valence-electron chi connectivity index (χ2n) is 8.60. The van der Waals surface area contributed by atoms with Crippen LogP contribution in [-0.2, 0) is 23.4 Å². The molecule has 1 aromatic heterocycles. The van der Waals surface area contributed by atoms with E-state index in [1.54, 1.807) is 18.8 Å². The van der Waals surface area contributed by atoms with Gasteiger partial charge >= 0.3 is 11.7 Å². The molecule has 1 saturated heterocycles. The summed E-state index contributed by atoms with van der Waals surface area (Å²) < 4.78 is 55.7. The van der Waals surface area contributed by atoms with Gasteiger partial charge in [-0.3, -0.25) is 23.7 Å². The van der Waals surface area contributed by atoms with E-state index in [9.17, 15) is 37.9 Å². The summed E-state index contributed by atoms with van der Waals surface area (Å²) in [5.41, 5.74) is -5.21. The van der Waals surface area contributed by atoms with Crippen molar-refractivity contribution in [3.8, 4) is 11.8 Å². The highest BCUT2D eigenvalue weighted by Gasteiger charge is 2.60. The monoisotopic (exact) mass is 519 g/mol. The average Bonchev–Trinajstić information content (AvgIpc) is 3.00. The molecule has 0 spiro atoms. The van der Waals surface area contributed by atoms with Crippen molar-refractivity contribution in [2.45, 2.75) is 62.4 Å². The number of ether oxygens (including phenoxy) is 2. The number of aromatic nitrogens is 2. The molecule has 192 valence electrons. The number of nitrogens with one attached hydrogen (secondary N) is 2. The maximum Gasteiger partial charge on any atom is 0.330 e. The van der Waals surface area contributed by atoms with E-state index in [0.717, 1.165) is 0 Å². The number of carbonyl (C=O) groups is 1. The number of aliphatic hydroxyl groups is 2. The lowest BCUT2D eigenvalue weighted by molar-refractivity contribution is -0.149. The molecule has 35 heavy (non-hydrogen) atoms. The zero-order chi connectivity index (χ0) is 26.7. The van der Waals surface area contributed by atoms with Gasteiger partial charge < -0.3 is 24.2 Å². The van der Waals surface area contributed by atoms with Crippen molar-refractivity contribution in [2.75, 3.05) is 6.67 Å². The lowest BCUT2D eigenvalue weighted by Crippen LogP contribution is -2.55. The van der Waals surface area contributed by atoms with Gasteiger partial charge in [-0.2, -0.15) is 4.39 Å². The van der Waals surface area contributed by atoms with E-state index < -0.39 is 79.5 Å². The van der Waals surface area contributed by atoms with Crippen LogP contribution in [0.1, 0.15) is 27.0 Å². The van der Waals surface area contributed by atoms with Crippen molar-refractivity contribution in [1.82, 2.24) is 14.6 Å². The molecule has 4 N–H and O–H groups in total. The molecular formula is C18H26B2F2N3O9P. The van der Waals surface area contributed by atoms with Gasteiger partial charge in [-0.05, 0) is 20.8 Å². The first-order chi connectivity index (χ1) is 16.1. The maximum atomic E-state index is 13.9. The van der Waals surface area contributed by atoms with Gasteiger partial charge in [0.05, 0.1) is 12.3 Å². The lowest BCUT2D eigenvalue weighted by atomic mass is 9.60. The third-order valence-corrected chi connectivity index (χ3v) is 6.38. The van der Waals surface area contributed by atoms with Gasteiger partial charge in [0, 0.05) is 5.40 Å². The first-order valence-corrected chi connectivity index (χ1v) is 11.8. The predicted molar refractivity (Wildman–Crippen MR) is 124 cm³/mol. The Hall–Kier alpha value is -2.27. The van der Waals surface area contributed by atoms with Crippen molar-refractivity contribution < 1.29 is 42.4 Å². The number of esters is 1. The van der Waals surface area contributed by atoms with Crippen LogP contribution in [-0.4, -0.2) is 83.5 Å². The third-order valence-electron chi connectivity index (χ3n) is 5.00. The molecule has 6 atom stereocenters. The quantitative estimate of drug-likeness (QED) is 0.120. The number of hydrogen-bond donors (Lipinski definition) is 4. The Labute approximate surface area is 201 Å². The molecule has 0 bridgehead atoms. The number of hydrogen-bond acceptors (Lipinski definition) is 9. The van der Waals surface area contributed by atoms with E-state index in [1.165, 1.54) is 22.6 Å². The van der Waals surface area contributed by atoms with Crippen LogP contribution >= 0.6 is 8.18 Å². The standard InChI is InChI=1S/C18H26B2F2N3O9P/c1-8(2)32-14(28)9(3)24-35(31)34-18(19,20)12-11(26)17(30,5-4-6-21)15(33-12)25-7-10(22)13(27)23-16(25)29/h7-9,11-12,15,26,30,35H,6,19-20H2,1-3H3,(H,24,31)(H,23,27,29)/t9-,11-,12?,15+,17?/m0/s1. The highest BCUT2D eigenvalue weighted by Crippen LogP contribution is 2.42. The predicted octanol–water partition coefficient (Wildman–Crippen LogP) is -3.11. The Morgan fingerprint density at radius 3 is 2.66 bits per heavy atom. The van der Waals surface area contributed by atoms with E-state index in [2.05, 4.69) is 11.0 Å². The van der Waals surface area contributed by atoms with Crippen molar-refractivity contribution in [2.24, 2.45) is 0 Å². The first-order valence-electron chi connectivity index (χ1n) is 10.5. The lowest BCUT2D eigenvalue weighted by Gasteiger charge is -2.34. The van der Waals surface area contributed by atoms with Crippen molar-refractivity contribution in [1.29, 1.82) is 0 Å². The summed E-state index contributed by atoms with van der Waals surface area (Å²) in [4.78, 5) is 37.3. The van der Waals surface area contributed by atoms with Crippen LogP contribution < -0.4 is 16.3 Å². The van der Waals surface area contributed by atoms with Gasteiger partial charge in [0.15, 0.2) is 11.8 Å². The molecule has 2 heterocycles. The second kappa shape index (κ2) is 11.2. The molecule has 0 aromatic carbocycles. The zero-order valence-corrected chi connectivity index (χ0v) is 20.6. The Morgan fingerprint density at radius 2 is 2.09 bits per heavy atom. The number of nitrogens with zero attached hydrogens (tertiary/aromatic N) is 1. The summed E-state index contributed by atoms with van der Waals surface area (Å²) in [6, 6.07) is -1.02.